The lowest BCUT2D eigenvalue weighted by Gasteiger charge is -2.38. The van der Waals surface area contributed by atoms with E-state index in [1.165, 1.54) is 25.4 Å². The van der Waals surface area contributed by atoms with E-state index < -0.39 is 35.7 Å². The van der Waals surface area contributed by atoms with Gasteiger partial charge in [0.2, 0.25) is 0 Å². The summed E-state index contributed by atoms with van der Waals surface area (Å²) in [5, 5.41) is 2.25. The van der Waals surface area contributed by atoms with Gasteiger partial charge in [0.05, 0.1) is 24.8 Å². The van der Waals surface area contributed by atoms with E-state index in [1.54, 1.807) is 22.4 Å². The number of hydrogen-bond acceptors (Lipinski definition) is 8. The molecule has 15 heteroatoms. The van der Waals surface area contributed by atoms with Gasteiger partial charge in [-0.1, -0.05) is 0 Å². The SMILES string of the molecule is CO[C@H](C)C(=O)N1C[C@H](c2nc(-c3ccc(C(=O)Nc4cc(C(F)(F)F)ccn4)cc3F)c3c(N)nccn23)OC[C@@H]1C. The fourth-order valence-electron chi connectivity index (χ4n) is 4.77. The largest absolute Gasteiger partial charge is 0.416 e. The minimum absolute atomic E-state index is 0.0118. The number of pyridine rings is 1. The molecule has 43 heavy (non-hydrogen) atoms. The van der Waals surface area contributed by atoms with Crippen LogP contribution in [0.4, 0.5) is 29.2 Å². The molecular weight excluding hydrogens is 574 g/mol. The van der Waals surface area contributed by atoms with E-state index >= 15 is 4.39 Å². The second-order valence-corrected chi connectivity index (χ2v) is 9.97. The highest BCUT2D eigenvalue weighted by atomic mass is 19.4. The Labute approximate surface area is 242 Å². The number of fused-ring (bicyclic) bond motifs is 1. The van der Waals surface area contributed by atoms with Crippen LogP contribution in [0.2, 0.25) is 0 Å². The molecule has 0 aliphatic carbocycles. The number of benzene rings is 1. The summed E-state index contributed by atoms with van der Waals surface area (Å²) in [5.41, 5.74) is 5.41. The first kappa shape index (κ1) is 29.8. The number of carbonyl (C=O) groups excluding carboxylic acids is 2. The van der Waals surface area contributed by atoms with Gasteiger partial charge in [0, 0.05) is 36.8 Å². The van der Waals surface area contributed by atoms with Gasteiger partial charge >= 0.3 is 6.18 Å². The van der Waals surface area contributed by atoms with Crippen molar-refractivity contribution < 1.29 is 36.6 Å². The Morgan fingerprint density at radius 3 is 2.65 bits per heavy atom. The number of methoxy groups -OCH3 is 1. The maximum atomic E-state index is 15.6. The van der Waals surface area contributed by atoms with E-state index in [2.05, 4.69) is 20.3 Å². The van der Waals surface area contributed by atoms with E-state index in [0.29, 0.717) is 11.9 Å². The van der Waals surface area contributed by atoms with Crippen molar-refractivity contribution in [2.75, 3.05) is 31.3 Å². The number of halogens is 4. The maximum absolute atomic E-state index is 15.6. The number of hydrogen-bond donors (Lipinski definition) is 2. The van der Waals surface area contributed by atoms with Gasteiger partial charge in [-0.3, -0.25) is 14.0 Å². The number of imidazole rings is 1. The van der Waals surface area contributed by atoms with Gasteiger partial charge < -0.3 is 25.4 Å². The Morgan fingerprint density at radius 1 is 1.19 bits per heavy atom. The zero-order chi connectivity index (χ0) is 31.1. The number of nitrogens with zero attached hydrogens (tertiary/aromatic N) is 5. The average molecular weight is 602 g/mol. The van der Waals surface area contributed by atoms with Crippen molar-refractivity contribution in [2.45, 2.75) is 38.3 Å². The molecule has 4 heterocycles. The molecule has 1 aromatic carbocycles. The fourth-order valence-corrected chi connectivity index (χ4v) is 4.77. The number of nitrogen functional groups attached to an aromatic ring is 1. The Kier molecular flexibility index (Phi) is 8.03. The third-order valence-corrected chi connectivity index (χ3v) is 7.13. The summed E-state index contributed by atoms with van der Waals surface area (Å²) in [6.07, 6.45) is -2.04. The van der Waals surface area contributed by atoms with Crippen molar-refractivity contribution in [3.05, 3.63) is 71.7 Å². The highest BCUT2D eigenvalue weighted by Gasteiger charge is 2.36. The van der Waals surface area contributed by atoms with Crippen LogP contribution in [0.5, 0.6) is 0 Å². The third-order valence-electron chi connectivity index (χ3n) is 7.13. The molecule has 0 unspecified atom stereocenters. The number of amides is 2. The Balaban J connectivity index is 1.47. The van der Waals surface area contributed by atoms with Crippen LogP contribution in [0.1, 0.15) is 41.7 Å². The number of carbonyl (C=O) groups is 2. The standard InChI is InChI=1S/C28H27F4N7O4/c1-14-13-43-20(12-39(14)27(41)15(2)42-3)25-37-22(23-24(33)35-8-9-38(23)25)18-5-4-16(10-19(18)29)26(40)36-21-11-17(6-7-34-21)28(30,31)32/h4-11,14-15,20H,12-13H2,1-3H3,(H2,33,35)(H,34,36,40)/t14-,15+,20+/m0/s1. The van der Waals surface area contributed by atoms with E-state index in [4.69, 9.17) is 15.2 Å². The van der Waals surface area contributed by atoms with Crippen LogP contribution in [-0.4, -0.2) is 68.5 Å². The smallest absolute Gasteiger partial charge is 0.382 e. The van der Waals surface area contributed by atoms with Crippen molar-refractivity contribution >= 4 is 29.0 Å². The van der Waals surface area contributed by atoms with Gasteiger partial charge in [-0.15, -0.1) is 0 Å². The molecule has 1 saturated heterocycles. The fraction of sp³-hybridized carbons (Fsp3) is 0.321. The average Bonchev–Trinajstić information content (AvgIpc) is 3.37. The van der Waals surface area contributed by atoms with Crippen LogP contribution in [0.15, 0.2) is 48.9 Å². The highest BCUT2D eigenvalue weighted by molar-refractivity contribution is 6.04. The maximum Gasteiger partial charge on any atom is 0.416 e. The number of nitrogens with two attached hydrogens (primary N) is 1. The van der Waals surface area contributed by atoms with Gasteiger partial charge in [-0.05, 0) is 44.2 Å². The van der Waals surface area contributed by atoms with Crippen molar-refractivity contribution in [2.24, 2.45) is 0 Å². The van der Waals surface area contributed by atoms with Gasteiger partial charge in [-0.2, -0.15) is 13.2 Å². The summed E-state index contributed by atoms with van der Waals surface area (Å²) >= 11 is 0. The van der Waals surface area contributed by atoms with Crippen molar-refractivity contribution in [1.82, 2.24) is 24.3 Å². The van der Waals surface area contributed by atoms with Crippen LogP contribution < -0.4 is 11.1 Å². The zero-order valence-electron chi connectivity index (χ0n) is 23.2. The molecule has 3 aromatic heterocycles. The predicted molar refractivity (Wildman–Crippen MR) is 146 cm³/mol. The number of rotatable bonds is 6. The molecule has 1 aliphatic heterocycles. The molecule has 0 radical (unpaired) electrons. The number of nitrogens with one attached hydrogen (secondary N) is 1. The number of aromatic nitrogens is 4. The molecule has 11 nitrogen and oxygen atoms in total. The molecule has 3 N–H and O–H groups in total. The summed E-state index contributed by atoms with van der Waals surface area (Å²) in [4.78, 5) is 39.8. The highest BCUT2D eigenvalue weighted by Crippen LogP contribution is 2.35. The second kappa shape index (κ2) is 11.6. The summed E-state index contributed by atoms with van der Waals surface area (Å²) < 4.78 is 67.5. The van der Waals surface area contributed by atoms with Gasteiger partial charge in [0.1, 0.15) is 46.7 Å². The normalized spacial score (nSPS) is 18.1. The van der Waals surface area contributed by atoms with Crippen molar-refractivity contribution in [3.63, 3.8) is 0 Å². The molecule has 4 aromatic rings. The summed E-state index contributed by atoms with van der Waals surface area (Å²) in [6.45, 7) is 3.87. The first-order chi connectivity index (χ1) is 20.4. The van der Waals surface area contributed by atoms with Crippen molar-refractivity contribution in [3.8, 4) is 11.3 Å². The lowest BCUT2D eigenvalue weighted by Crippen LogP contribution is -2.51. The summed E-state index contributed by atoms with van der Waals surface area (Å²) in [6, 6.07) is 4.76. The van der Waals surface area contributed by atoms with Crippen LogP contribution in [0, 0.1) is 5.82 Å². The second-order valence-electron chi connectivity index (χ2n) is 9.97. The van der Waals surface area contributed by atoms with E-state index in [1.807, 2.05) is 6.92 Å². The van der Waals surface area contributed by atoms with E-state index in [0.717, 1.165) is 18.3 Å². The third kappa shape index (κ3) is 5.85. The molecule has 226 valence electrons. The van der Waals surface area contributed by atoms with Crippen molar-refractivity contribution in [1.29, 1.82) is 0 Å². The van der Waals surface area contributed by atoms with Crippen LogP contribution in [0.25, 0.3) is 16.8 Å². The number of ether oxygens (including phenoxy) is 2. The quantitative estimate of drug-likeness (QED) is 0.315. The molecular formula is C28H27F4N7O4. The van der Waals surface area contributed by atoms with Gasteiger partial charge in [0.15, 0.2) is 0 Å². The Hall–Kier alpha value is -4.63. The lowest BCUT2D eigenvalue weighted by molar-refractivity contribution is -0.154. The summed E-state index contributed by atoms with van der Waals surface area (Å²) in [7, 11) is 1.45. The molecule has 0 bridgehead atoms. The summed E-state index contributed by atoms with van der Waals surface area (Å²) in [5.74, 6) is -1.87. The molecule has 1 fully saturated rings. The number of anilines is 2. The molecule has 2 amide bonds. The molecule has 1 aliphatic rings. The van der Waals surface area contributed by atoms with Crippen LogP contribution >= 0.6 is 0 Å². The predicted octanol–water partition coefficient (Wildman–Crippen LogP) is 4.11. The lowest BCUT2D eigenvalue weighted by atomic mass is 10.1. The Bertz CT molecular complexity index is 1690. The topological polar surface area (TPSA) is 137 Å². The molecule has 5 rings (SSSR count). The first-order valence-corrected chi connectivity index (χ1v) is 13.1. The number of alkyl halides is 3. The molecule has 0 saturated carbocycles. The molecule has 3 atom stereocenters. The molecule has 0 spiro atoms. The Morgan fingerprint density at radius 2 is 1.95 bits per heavy atom. The van der Waals surface area contributed by atoms with E-state index in [9.17, 15) is 22.8 Å². The minimum Gasteiger partial charge on any atom is -0.382 e. The van der Waals surface area contributed by atoms with Crippen LogP contribution in [-0.2, 0) is 20.4 Å². The zero-order valence-corrected chi connectivity index (χ0v) is 23.2. The van der Waals surface area contributed by atoms with Gasteiger partial charge in [0.25, 0.3) is 11.8 Å². The van der Waals surface area contributed by atoms with Crippen LogP contribution in [0.3, 0.4) is 0 Å². The minimum atomic E-state index is -4.63. The van der Waals surface area contributed by atoms with Gasteiger partial charge in [-0.25, -0.2) is 19.3 Å². The number of morpholine rings is 1. The monoisotopic (exact) mass is 601 g/mol. The first-order valence-electron chi connectivity index (χ1n) is 13.1. The van der Waals surface area contributed by atoms with E-state index in [-0.39, 0.29) is 59.1 Å².